The van der Waals surface area contributed by atoms with Crippen molar-refractivity contribution in [2.24, 2.45) is 0 Å². The number of amides is 2. The zero-order chi connectivity index (χ0) is 18.2. The van der Waals surface area contributed by atoms with Crippen molar-refractivity contribution in [3.63, 3.8) is 0 Å². The Labute approximate surface area is 143 Å². The summed E-state index contributed by atoms with van der Waals surface area (Å²) in [7, 11) is 0. The van der Waals surface area contributed by atoms with Crippen LogP contribution in [0.1, 0.15) is 18.4 Å². The summed E-state index contributed by atoms with van der Waals surface area (Å²) in [5.41, 5.74) is 1.75. The lowest BCUT2D eigenvalue weighted by atomic mass is 10.0. The Balaban J connectivity index is 2.13. The summed E-state index contributed by atoms with van der Waals surface area (Å²) in [4.78, 5) is 37.8. The molecule has 2 amide bonds. The fraction of sp³-hybridized carbons (Fsp3) is 0.294. The van der Waals surface area contributed by atoms with Gasteiger partial charge in [0, 0.05) is 29.9 Å². The van der Waals surface area contributed by atoms with Crippen molar-refractivity contribution < 1.29 is 19.5 Å². The van der Waals surface area contributed by atoms with Gasteiger partial charge in [0.1, 0.15) is 12.6 Å². The Bertz CT molecular complexity index is 821. The topological polar surface area (TPSA) is 135 Å². The van der Waals surface area contributed by atoms with Crippen molar-refractivity contribution in [2.45, 2.75) is 25.3 Å². The number of aromatic nitrogens is 1. The van der Waals surface area contributed by atoms with Crippen LogP contribution in [-0.4, -0.2) is 40.5 Å². The molecule has 25 heavy (non-hydrogen) atoms. The number of carbonyl (C=O) groups excluding carboxylic acids is 2. The van der Waals surface area contributed by atoms with Crippen LogP contribution < -0.4 is 10.6 Å². The number of hydrogen-bond donors (Lipinski definition) is 4. The maximum Gasteiger partial charge on any atom is 0.303 e. The normalized spacial score (nSPS) is 11.5. The van der Waals surface area contributed by atoms with Gasteiger partial charge in [-0.15, -0.1) is 0 Å². The van der Waals surface area contributed by atoms with Gasteiger partial charge in [0.25, 0.3) is 0 Å². The second-order valence-corrected chi connectivity index (χ2v) is 5.45. The van der Waals surface area contributed by atoms with Gasteiger partial charge in [-0.25, -0.2) is 0 Å². The standard InChI is InChI=1S/C17H18N4O4/c18-7-8-19-17(25)14(21-15(22)5-6-16(23)24)9-11-10-20-13-4-2-1-3-12(11)13/h1-4,10,14,20H,5-6,8-9H2,(H,19,25)(H,21,22)(H,23,24). The fourth-order valence-corrected chi connectivity index (χ4v) is 2.47. The molecule has 1 heterocycles. The van der Waals surface area contributed by atoms with Crippen molar-refractivity contribution in [1.29, 1.82) is 5.26 Å². The third-order valence-corrected chi connectivity index (χ3v) is 3.66. The molecule has 0 aliphatic heterocycles. The van der Waals surface area contributed by atoms with Crippen molar-refractivity contribution >= 4 is 28.7 Å². The van der Waals surface area contributed by atoms with Crippen molar-refractivity contribution in [3.8, 4) is 6.07 Å². The summed E-state index contributed by atoms with van der Waals surface area (Å²) < 4.78 is 0. The SMILES string of the molecule is N#CCNC(=O)C(Cc1c[nH]c2ccccc12)NC(=O)CCC(=O)O. The molecule has 130 valence electrons. The number of rotatable bonds is 8. The lowest BCUT2D eigenvalue weighted by Gasteiger charge is -2.17. The van der Waals surface area contributed by atoms with Gasteiger partial charge in [0.2, 0.25) is 11.8 Å². The molecule has 1 aromatic heterocycles. The first-order chi connectivity index (χ1) is 12.0. The molecule has 8 nitrogen and oxygen atoms in total. The van der Waals surface area contributed by atoms with E-state index in [9.17, 15) is 14.4 Å². The van der Waals surface area contributed by atoms with Crippen LogP contribution in [0, 0.1) is 11.3 Å². The number of carboxylic acid groups (broad SMARTS) is 1. The molecule has 0 saturated carbocycles. The number of carbonyl (C=O) groups is 3. The van der Waals surface area contributed by atoms with E-state index in [2.05, 4.69) is 15.6 Å². The molecule has 0 bridgehead atoms. The van der Waals surface area contributed by atoms with E-state index in [1.54, 1.807) is 12.3 Å². The Morgan fingerprint density at radius 1 is 1.24 bits per heavy atom. The fourth-order valence-electron chi connectivity index (χ4n) is 2.47. The maximum absolute atomic E-state index is 12.2. The molecule has 8 heteroatoms. The molecular formula is C17H18N4O4. The van der Waals surface area contributed by atoms with Gasteiger partial charge in [0.05, 0.1) is 12.5 Å². The smallest absolute Gasteiger partial charge is 0.303 e. The highest BCUT2D eigenvalue weighted by Crippen LogP contribution is 2.19. The minimum Gasteiger partial charge on any atom is -0.481 e. The number of para-hydroxylation sites is 1. The van der Waals surface area contributed by atoms with E-state index >= 15 is 0 Å². The molecule has 1 aromatic carbocycles. The molecule has 2 rings (SSSR count). The average Bonchev–Trinajstić information content (AvgIpc) is 3.00. The van der Waals surface area contributed by atoms with Gasteiger partial charge in [-0.05, 0) is 11.6 Å². The highest BCUT2D eigenvalue weighted by atomic mass is 16.4. The van der Waals surface area contributed by atoms with Crippen molar-refractivity contribution in [3.05, 3.63) is 36.0 Å². The Kier molecular flexibility index (Phi) is 6.12. The van der Waals surface area contributed by atoms with Crippen LogP contribution in [0.15, 0.2) is 30.5 Å². The van der Waals surface area contributed by atoms with Crippen LogP contribution in [0.25, 0.3) is 10.9 Å². The second-order valence-electron chi connectivity index (χ2n) is 5.45. The lowest BCUT2D eigenvalue weighted by molar-refractivity contribution is -0.139. The maximum atomic E-state index is 12.2. The highest BCUT2D eigenvalue weighted by Gasteiger charge is 2.22. The van der Waals surface area contributed by atoms with E-state index in [0.29, 0.717) is 0 Å². The van der Waals surface area contributed by atoms with E-state index in [-0.39, 0.29) is 25.8 Å². The number of nitrogens with one attached hydrogen (secondary N) is 3. The van der Waals surface area contributed by atoms with E-state index in [4.69, 9.17) is 10.4 Å². The number of hydrogen-bond acceptors (Lipinski definition) is 4. The largest absolute Gasteiger partial charge is 0.481 e. The summed E-state index contributed by atoms with van der Waals surface area (Å²) in [6.07, 6.45) is 1.45. The van der Waals surface area contributed by atoms with Crippen LogP contribution in [0.4, 0.5) is 0 Å². The Morgan fingerprint density at radius 3 is 2.72 bits per heavy atom. The van der Waals surface area contributed by atoms with Crippen LogP contribution in [0.3, 0.4) is 0 Å². The van der Waals surface area contributed by atoms with Gasteiger partial charge in [0.15, 0.2) is 0 Å². The van der Waals surface area contributed by atoms with E-state index in [1.807, 2.05) is 24.3 Å². The number of nitriles is 1. The summed E-state index contributed by atoms with van der Waals surface area (Å²) in [6.45, 7) is -0.172. The average molecular weight is 342 g/mol. The first-order valence-corrected chi connectivity index (χ1v) is 7.72. The zero-order valence-corrected chi connectivity index (χ0v) is 13.4. The van der Waals surface area contributed by atoms with Gasteiger partial charge in [-0.2, -0.15) is 5.26 Å². The van der Waals surface area contributed by atoms with Gasteiger partial charge in [-0.1, -0.05) is 18.2 Å². The number of aromatic amines is 1. The summed E-state index contributed by atoms with van der Waals surface area (Å²) in [5, 5.41) is 23.1. The molecule has 0 fully saturated rings. The predicted octanol–water partition coefficient (Wildman–Crippen LogP) is 0.700. The molecule has 0 aliphatic rings. The molecule has 1 unspecified atom stereocenters. The summed E-state index contributed by atoms with van der Waals surface area (Å²) in [6, 6.07) is 8.46. The summed E-state index contributed by atoms with van der Waals surface area (Å²) >= 11 is 0. The minimum absolute atomic E-state index is 0.172. The van der Waals surface area contributed by atoms with Crippen LogP contribution in [-0.2, 0) is 20.8 Å². The number of fused-ring (bicyclic) bond motifs is 1. The second kappa shape index (κ2) is 8.49. The predicted molar refractivity (Wildman–Crippen MR) is 89.4 cm³/mol. The number of aliphatic carboxylic acids is 1. The van der Waals surface area contributed by atoms with Gasteiger partial charge < -0.3 is 20.7 Å². The molecule has 2 aromatic rings. The van der Waals surface area contributed by atoms with E-state index < -0.39 is 23.8 Å². The van der Waals surface area contributed by atoms with Crippen LogP contribution in [0.5, 0.6) is 0 Å². The van der Waals surface area contributed by atoms with E-state index in [1.165, 1.54) is 0 Å². The quantitative estimate of drug-likeness (QED) is 0.524. The third kappa shape index (κ3) is 5.07. The zero-order valence-electron chi connectivity index (χ0n) is 13.4. The first kappa shape index (κ1) is 18.0. The Morgan fingerprint density at radius 2 is 2.00 bits per heavy atom. The van der Waals surface area contributed by atoms with Crippen LogP contribution >= 0.6 is 0 Å². The monoisotopic (exact) mass is 342 g/mol. The van der Waals surface area contributed by atoms with Crippen LogP contribution in [0.2, 0.25) is 0 Å². The lowest BCUT2D eigenvalue weighted by Crippen LogP contribution is -2.48. The third-order valence-electron chi connectivity index (χ3n) is 3.66. The minimum atomic E-state index is -1.09. The molecule has 0 saturated heterocycles. The van der Waals surface area contributed by atoms with Crippen molar-refractivity contribution in [1.82, 2.24) is 15.6 Å². The molecular weight excluding hydrogens is 324 g/mol. The molecule has 0 radical (unpaired) electrons. The van der Waals surface area contributed by atoms with Gasteiger partial charge >= 0.3 is 5.97 Å². The number of H-pyrrole nitrogens is 1. The first-order valence-electron chi connectivity index (χ1n) is 7.72. The summed E-state index contributed by atoms with van der Waals surface area (Å²) in [5.74, 6) is -2.10. The van der Waals surface area contributed by atoms with E-state index in [0.717, 1.165) is 16.5 Å². The highest BCUT2D eigenvalue weighted by molar-refractivity contribution is 5.90. The Hall–Kier alpha value is -3.34. The molecule has 0 aliphatic carbocycles. The van der Waals surface area contributed by atoms with Crippen molar-refractivity contribution in [2.75, 3.05) is 6.54 Å². The number of carboxylic acids is 1. The van der Waals surface area contributed by atoms with Gasteiger partial charge in [-0.3, -0.25) is 14.4 Å². The molecule has 4 N–H and O–H groups in total. The number of nitrogens with zero attached hydrogens (tertiary/aromatic N) is 1. The molecule has 1 atom stereocenters. The molecule has 0 spiro atoms. The number of benzene rings is 1.